The lowest BCUT2D eigenvalue weighted by molar-refractivity contribution is 0.0995. The molecule has 1 amide bonds. The van der Waals surface area contributed by atoms with E-state index >= 15 is 0 Å². The molecular formula is C18H14F2N2O4S. The second kappa shape index (κ2) is 7.20. The van der Waals surface area contributed by atoms with E-state index in [9.17, 15) is 22.0 Å². The normalized spacial score (nSPS) is 11.2. The molecule has 0 bridgehead atoms. The molecule has 0 saturated carbocycles. The monoisotopic (exact) mass is 392 g/mol. The van der Waals surface area contributed by atoms with Gasteiger partial charge in [-0.1, -0.05) is 0 Å². The highest BCUT2D eigenvalue weighted by atomic mass is 32.2. The van der Waals surface area contributed by atoms with E-state index in [2.05, 4.69) is 10.0 Å². The van der Waals surface area contributed by atoms with E-state index in [0.717, 1.165) is 12.1 Å². The van der Waals surface area contributed by atoms with Crippen molar-refractivity contribution >= 4 is 27.3 Å². The van der Waals surface area contributed by atoms with Crippen LogP contribution in [-0.4, -0.2) is 14.3 Å². The first-order valence-corrected chi connectivity index (χ1v) is 9.19. The molecule has 0 aliphatic heterocycles. The second-order valence-electron chi connectivity index (χ2n) is 5.62. The zero-order chi connectivity index (χ0) is 19.6. The minimum Gasteiger partial charge on any atom is -0.456 e. The summed E-state index contributed by atoms with van der Waals surface area (Å²) < 4.78 is 58.1. The van der Waals surface area contributed by atoms with Gasteiger partial charge < -0.3 is 9.73 Å². The van der Waals surface area contributed by atoms with Crippen molar-refractivity contribution in [3.8, 4) is 0 Å². The predicted octanol–water partition coefficient (Wildman–Crippen LogP) is 3.92. The summed E-state index contributed by atoms with van der Waals surface area (Å²) in [7, 11) is -4.09. The Hall–Kier alpha value is -3.20. The van der Waals surface area contributed by atoms with E-state index in [4.69, 9.17) is 4.42 Å². The fourth-order valence-corrected chi connectivity index (χ4v) is 3.30. The highest BCUT2D eigenvalue weighted by Crippen LogP contribution is 2.20. The number of halogens is 2. The van der Waals surface area contributed by atoms with Gasteiger partial charge in [-0.15, -0.1) is 0 Å². The standard InChI is InChI=1S/C18H14F2N2O4S/c1-11-2-9-17(26-11)18(23)21-12-3-5-13(6-4-12)22-27(24,25)14-7-8-15(19)16(20)10-14/h2-10,22H,1H3,(H,21,23). The molecule has 1 heterocycles. The topological polar surface area (TPSA) is 88.4 Å². The molecule has 0 aliphatic carbocycles. The van der Waals surface area contributed by atoms with E-state index in [-0.39, 0.29) is 11.4 Å². The third-order valence-electron chi connectivity index (χ3n) is 3.56. The van der Waals surface area contributed by atoms with Crippen molar-refractivity contribution in [1.82, 2.24) is 0 Å². The van der Waals surface area contributed by atoms with Gasteiger partial charge in [0, 0.05) is 11.4 Å². The van der Waals surface area contributed by atoms with Crippen molar-refractivity contribution in [2.45, 2.75) is 11.8 Å². The highest BCUT2D eigenvalue weighted by Gasteiger charge is 2.17. The first kappa shape index (κ1) is 18.6. The summed E-state index contributed by atoms with van der Waals surface area (Å²) in [4.78, 5) is 11.6. The number of benzene rings is 2. The fourth-order valence-electron chi connectivity index (χ4n) is 2.23. The third-order valence-corrected chi connectivity index (χ3v) is 4.94. The van der Waals surface area contributed by atoms with Gasteiger partial charge in [-0.25, -0.2) is 17.2 Å². The minimum atomic E-state index is -4.09. The largest absolute Gasteiger partial charge is 0.456 e. The number of carbonyl (C=O) groups is 1. The Balaban J connectivity index is 1.71. The van der Waals surface area contributed by atoms with Crippen LogP contribution in [0.15, 0.2) is 63.9 Å². The minimum absolute atomic E-state index is 0.149. The van der Waals surface area contributed by atoms with Gasteiger partial charge >= 0.3 is 0 Å². The maximum absolute atomic E-state index is 13.2. The fraction of sp³-hybridized carbons (Fsp3) is 0.0556. The summed E-state index contributed by atoms with van der Waals surface area (Å²) in [5.74, 6) is -2.10. The Morgan fingerprint density at radius 1 is 0.926 bits per heavy atom. The molecule has 0 radical (unpaired) electrons. The maximum atomic E-state index is 13.2. The Labute approximate surface area is 153 Å². The number of amides is 1. The zero-order valence-corrected chi connectivity index (χ0v) is 14.8. The summed E-state index contributed by atoms with van der Waals surface area (Å²) in [5.41, 5.74) is 0.608. The van der Waals surface area contributed by atoms with Gasteiger partial charge in [-0.3, -0.25) is 9.52 Å². The molecular weight excluding hydrogens is 378 g/mol. The Bertz CT molecular complexity index is 1090. The van der Waals surface area contributed by atoms with Crippen LogP contribution in [0, 0.1) is 18.6 Å². The van der Waals surface area contributed by atoms with Crippen LogP contribution in [0.2, 0.25) is 0 Å². The number of rotatable bonds is 5. The smallest absolute Gasteiger partial charge is 0.291 e. The molecule has 3 rings (SSSR count). The average molecular weight is 392 g/mol. The van der Waals surface area contributed by atoms with Crippen molar-refractivity contribution in [2.75, 3.05) is 10.0 Å². The second-order valence-corrected chi connectivity index (χ2v) is 7.31. The number of nitrogens with one attached hydrogen (secondary N) is 2. The molecule has 27 heavy (non-hydrogen) atoms. The lowest BCUT2D eigenvalue weighted by Crippen LogP contribution is -2.14. The van der Waals surface area contributed by atoms with E-state index in [1.807, 2.05) is 0 Å². The highest BCUT2D eigenvalue weighted by molar-refractivity contribution is 7.92. The maximum Gasteiger partial charge on any atom is 0.291 e. The van der Waals surface area contributed by atoms with E-state index in [1.54, 1.807) is 13.0 Å². The molecule has 3 aromatic rings. The summed E-state index contributed by atoms with van der Waals surface area (Å²) in [6.07, 6.45) is 0. The van der Waals surface area contributed by atoms with Gasteiger partial charge in [-0.05, 0) is 61.5 Å². The Morgan fingerprint density at radius 2 is 1.59 bits per heavy atom. The molecule has 0 saturated heterocycles. The van der Waals surface area contributed by atoms with Gasteiger partial charge in [0.05, 0.1) is 4.90 Å². The summed E-state index contributed by atoms with van der Waals surface area (Å²) >= 11 is 0. The number of furan rings is 1. The molecule has 6 nitrogen and oxygen atoms in total. The van der Waals surface area contributed by atoms with Crippen LogP contribution in [0.1, 0.15) is 16.3 Å². The van der Waals surface area contributed by atoms with Crippen molar-refractivity contribution in [3.63, 3.8) is 0 Å². The van der Waals surface area contributed by atoms with E-state index in [0.29, 0.717) is 17.5 Å². The van der Waals surface area contributed by atoms with Crippen molar-refractivity contribution in [2.24, 2.45) is 0 Å². The third kappa shape index (κ3) is 4.32. The first-order chi connectivity index (χ1) is 12.7. The van der Waals surface area contributed by atoms with Crippen molar-refractivity contribution < 1.29 is 26.4 Å². The number of carbonyl (C=O) groups excluding carboxylic acids is 1. The molecule has 0 aliphatic rings. The molecule has 9 heteroatoms. The Morgan fingerprint density at radius 3 is 2.19 bits per heavy atom. The van der Waals surface area contributed by atoms with Crippen LogP contribution < -0.4 is 10.0 Å². The predicted molar refractivity (Wildman–Crippen MR) is 95.0 cm³/mol. The van der Waals surface area contributed by atoms with Crippen LogP contribution in [0.3, 0.4) is 0 Å². The molecule has 2 aromatic carbocycles. The van der Waals surface area contributed by atoms with E-state index in [1.165, 1.54) is 30.3 Å². The Kier molecular flexibility index (Phi) is 4.95. The van der Waals surface area contributed by atoms with Crippen LogP contribution >= 0.6 is 0 Å². The molecule has 0 spiro atoms. The van der Waals surface area contributed by atoms with Crippen LogP contribution in [0.4, 0.5) is 20.2 Å². The number of anilines is 2. The molecule has 1 aromatic heterocycles. The lowest BCUT2D eigenvalue weighted by Gasteiger charge is -2.09. The summed E-state index contributed by atoms with van der Waals surface area (Å²) in [6, 6.07) is 11.3. The number of sulfonamides is 1. The quantitative estimate of drug-likeness (QED) is 0.689. The summed E-state index contributed by atoms with van der Waals surface area (Å²) in [6.45, 7) is 1.71. The SMILES string of the molecule is Cc1ccc(C(=O)Nc2ccc(NS(=O)(=O)c3ccc(F)c(F)c3)cc2)o1. The van der Waals surface area contributed by atoms with E-state index < -0.39 is 32.5 Å². The van der Waals surface area contributed by atoms with Gasteiger partial charge in [0.1, 0.15) is 5.76 Å². The zero-order valence-electron chi connectivity index (χ0n) is 14.0. The van der Waals surface area contributed by atoms with Gasteiger partial charge in [0.25, 0.3) is 15.9 Å². The van der Waals surface area contributed by atoms with Crippen LogP contribution in [0.25, 0.3) is 0 Å². The lowest BCUT2D eigenvalue weighted by atomic mass is 10.3. The average Bonchev–Trinajstić information content (AvgIpc) is 3.05. The van der Waals surface area contributed by atoms with Gasteiger partial charge in [0.2, 0.25) is 0 Å². The molecule has 0 atom stereocenters. The summed E-state index contributed by atoms with van der Waals surface area (Å²) in [5, 5.41) is 2.61. The number of hydrogen-bond donors (Lipinski definition) is 2. The first-order valence-electron chi connectivity index (χ1n) is 7.70. The van der Waals surface area contributed by atoms with Gasteiger partial charge in [0.15, 0.2) is 17.4 Å². The molecule has 140 valence electrons. The van der Waals surface area contributed by atoms with Gasteiger partial charge in [-0.2, -0.15) is 0 Å². The van der Waals surface area contributed by atoms with Crippen molar-refractivity contribution in [1.29, 1.82) is 0 Å². The molecule has 0 fully saturated rings. The number of hydrogen-bond acceptors (Lipinski definition) is 4. The molecule has 2 N–H and O–H groups in total. The van der Waals surface area contributed by atoms with Crippen LogP contribution in [-0.2, 0) is 10.0 Å². The number of aryl methyl sites for hydroxylation is 1. The molecule has 0 unspecified atom stereocenters. The van der Waals surface area contributed by atoms with Crippen LogP contribution in [0.5, 0.6) is 0 Å². The van der Waals surface area contributed by atoms with Crippen molar-refractivity contribution in [3.05, 3.63) is 77.8 Å².